The molecule has 1 fully saturated rings. The second-order valence-electron chi connectivity index (χ2n) is 9.96. The Kier molecular flexibility index (Phi) is 11.2. The van der Waals surface area contributed by atoms with Gasteiger partial charge in [-0.2, -0.15) is 18.4 Å². The fraction of sp³-hybridized carbons (Fsp3) is 0.345. The van der Waals surface area contributed by atoms with Crippen LogP contribution in [0.5, 0.6) is 0 Å². The van der Waals surface area contributed by atoms with Gasteiger partial charge in [-0.3, -0.25) is 4.79 Å². The molecule has 44 heavy (non-hydrogen) atoms. The molecule has 0 radical (unpaired) electrons. The number of alkyl halides is 3. The number of nitriles is 1. The lowest BCUT2D eigenvalue weighted by atomic mass is 10.1. The van der Waals surface area contributed by atoms with Crippen molar-refractivity contribution in [2.45, 2.75) is 23.9 Å². The van der Waals surface area contributed by atoms with Gasteiger partial charge >= 0.3 is 6.18 Å². The summed E-state index contributed by atoms with van der Waals surface area (Å²) in [7, 11) is -3.36. The first-order valence-electron chi connectivity index (χ1n) is 13.8. The lowest BCUT2D eigenvalue weighted by Crippen LogP contribution is -2.48. The maximum Gasteiger partial charge on any atom is 0.416 e. The third kappa shape index (κ3) is 8.46. The topological polar surface area (TPSA) is 140 Å². The van der Waals surface area contributed by atoms with Gasteiger partial charge in [-0.15, -0.1) is 4.36 Å². The van der Waals surface area contributed by atoms with E-state index in [-0.39, 0.29) is 48.0 Å². The molecule has 1 aromatic heterocycles. The largest absolute Gasteiger partial charge is 0.416 e. The van der Waals surface area contributed by atoms with Crippen molar-refractivity contribution in [2.75, 3.05) is 56.0 Å². The molecule has 0 bridgehead atoms. The molecule has 4 N–H and O–H groups in total. The first-order valence-corrected chi connectivity index (χ1v) is 15.7. The zero-order valence-electron chi connectivity index (χ0n) is 23.7. The van der Waals surface area contributed by atoms with Gasteiger partial charge < -0.3 is 21.3 Å². The van der Waals surface area contributed by atoms with Crippen LogP contribution in [0.1, 0.15) is 27.9 Å². The van der Waals surface area contributed by atoms with E-state index in [9.17, 15) is 27.4 Å². The molecule has 1 aliphatic heterocycles. The summed E-state index contributed by atoms with van der Waals surface area (Å²) >= 11 is 5.84. The fourth-order valence-corrected chi connectivity index (χ4v) is 6.64. The van der Waals surface area contributed by atoms with Crippen LogP contribution in [0.3, 0.4) is 0 Å². The highest BCUT2D eigenvalue weighted by Gasteiger charge is 2.33. The molecule has 1 aliphatic rings. The van der Waals surface area contributed by atoms with Gasteiger partial charge in [0, 0.05) is 37.4 Å². The minimum absolute atomic E-state index is 0.0537. The van der Waals surface area contributed by atoms with Crippen molar-refractivity contribution in [1.29, 1.82) is 5.26 Å². The van der Waals surface area contributed by atoms with E-state index in [1.807, 2.05) is 18.2 Å². The Balaban J connectivity index is 1.41. The Morgan fingerprint density at radius 3 is 2.48 bits per heavy atom. The number of aromatic nitrogens is 1. The van der Waals surface area contributed by atoms with Crippen molar-refractivity contribution in [3.8, 4) is 6.19 Å². The van der Waals surface area contributed by atoms with Crippen LogP contribution in [0.15, 0.2) is 69.9 Å². The van der Waals surface area contributed by atoms with Crippen molar-refractivity contribution >= 4 is 38.9 Å². The van der Waals surface area contributed by atoms with Crippen LogP contribution in [0.4, 0.5) is 24.7 Å². The zero-order valence-corrected chi connectivity index (χ0v) is 25.3. The maximum atomic E-state index is 14.0. The number of carbonyl (C=O) groups is 1. The number of anilines is 2. The summed E-state index contributed by atoms with van der Waals surface area (Å²) in [5, 5.41) is 15.2. The summed E-state index contributed by atoms with van der Waals surface area (Å²) in [6.45, 7) is 2.87. The van der Waals surface area contributed by atoms with Crippen molar-refractivity contribution < 1.29 is 22.2 Å². The Hall–Kier alpha value is -3.74. The fourth-order valence-electron chi connectivity index (χ4n) is 4.66. The molecular weight excluding hydrogens is 617 g/mol. The molecule has 2 heterocycles. The van der Waals surface area contributed by atoms with E-state index in [1.54, 1.807) is 29.3 Å². The van der Waals surface area contributed by atoms with E-state index >= 15 is 0 Å². The van der Waals surface area contributed by atoms with Gasteiger partial charge in [0.05, 0.1) is 10.5 Å². The zero-order chi connectivity index (χ0) is 31.7. The number of benzene rings is 2. The number of piperazine rings is 1. The van der Waals surface area contributed by atoms with Gasteiger partial charge in [0.1, 0.15) is 11.0 Å². The highest BCUT2D eigenvalue weighted by Crippen LogP contribution is 2.33. The molecule has 1 amide bonds. The quantitative estimate of drug-likeness (QED) is 0.158. The van der Waals surface area contributed by atoms with Gasteiger partial charge in [0.2, 0.25) is 6.19 Å². The molecule has 3 aromatic rings. The van der Waals surface area contributed by atoms with E-state index in [1.165, 1.54) is 16.4 Å². The van der Waals surface area contributed by atoms with E-state index in [2.05, 4.69) is 20.0 Å². The summed E-state index contributed by atoms with van der Waals surface area (Å²) < 4.78 is 59.0. The first kappa shape index (κ1) is 33.2. The number of halogens is 4. The van der Waals surface area contributed by atoms with Crippen LogP contribution < -0.4 is 21.3 Å². The van der Waals surface area contributed by atoms with Gasteiger partial charge in [0.15, 0.2) is 9.92 Å². The average Bonchev–Trinajstić information content (AvgIpc) is 3.01. The third-order valence-electron chi connectivity index (χ3n) is 6.94. The highest BCUT2D eigenvalue weighted by molar-refractivity contribution is 7.91. The molecule has 15 heteroatoms. The number of carbonyl (C=O) groups excluding carboxylic acids is 1. The third-order valence-corrected chi connectivity index (χ3v) is 9.42. The van der Waals surface area contributed by atoms with E-state index in [0.717, 1.165) is 43.6 Å². The SMILES string of the molecule is N#CN=S(=O)(c1ccc(NC(=O)c2cccc(CCNCCCN)c2)cc1)N1CCN(c2cc(C(F)(F)F)cc(Cl)n2)CC1. The molecule has 1 atom stereocenters. The van der Waals surface area contributed by atoms with Crippen LogP contribution in [-0.4, -0.2) is 65.2 Å². The smallest absolute Gasteiger partial charge is 0.354 e. The summed E-state index contributed by atoms with van der Waals surface area (Å²) in [5.74, 6) is -0.254. The minimum atomic E-state index is -4.58. The lowest BCUT2D eigenvalue weighted by molar-refractivity contribution is -0.137. The molecule has 1 saturated heterocycles. The van der Waals surface area contributed by atoms with E-state index in [4.69, 9.17) is 17.3 Å². The summed E-state index contributed by atoms with van der Waals surface area (Å²) in [4.78, 5) is 18.8. The molecule has 4 rings (SSSR count). The van der Waals surface area contributed by atoms with Crippen molar-refractivity contribution in [2.24, 2.45) is 10.1 Å². The number of nitrogens with two attached hydrogens (primary N) is 1. The molecule has 234 valence electrons. The highest BCUT2D eigenvalue weighted by atomic mass is 35.5. The Morgan fingerprint density at radius 2 is 1.82 bits per heavy atom. The van der Waals surface area contributed by atoms with Crippen molar-refractivity contribution in [3.05, 3.63) is 82.5 Å². The predicted molar refractivity (Wildman–Crippen MR) is 164 cm³/mol. The van der Waals surface area contributed by atoms with E-state index in [0.29, 0.717) is 17.8 Å². The van der Waals surface area contributed by atoms with Crippen LogP contribution in [0, 0.1) is 11.5 Å². The number of hydrogen-bond acceptors (Lipinski definition) is 8. The normalized spacial score (nSPS) is 15.3. The van der Waals surface area contributed by atoms with Crippen LogP contribution in [-0.2, 0) is 22.5 Å². The van der Waals surface area contributed by atoms with Gasteiger partial charge in [-0.05, 0) is 86.6 Å². The maximum absolute atomic E-state index is 14.0. The van der Waals surface area contributed by atoms with Crippen LogP contribution in [0.2, 0.25) is 5.15 Å². The monoisotopic (exact) mass is 648 g/mol. The molecule has 1 unspecified atom stereocenters. The number of hydrogen-bond donors (Lipinski definition) is 3. The number of pyridine rings is 1. The molecule has 0 saturated carbocycles. The molecule has 0 spiro atoms. The molecule has 2 aromatic carbocycles. The van der Waals surface area contributed by atoms with Gasteiger partial charge in [0.25, 0.3) is 5.91 Å². The average molecular weight is 649 g/mol. The minimum Gasteiger partial charge on any atom is -0.354 e. The summed E-state index contributed by atoms with van der Waals surface area (Å²) in [5.41, 5.74) is 6.56. The van der Waals surface area contributed by atoms with Gasteiger partial charge in [-0.1, -0.05) is 23.7 Å². The number of rotatable bonds is 11. The van der Waals surface area contributed by atoms with Crippen molar-refractivity contribution in [1.82, 2.24) is 14.6 Å². The second-order valence-corrected chi connectivity index (χ2v) is 12.5. The molecule has 0 aliphatic carbocycles. The summed E-state index contributed by atoms with van der Waals surface area (Å²) in [6.07, 6.45) is -1.29. The predicted octanol–water partition coefficient (Wildman–Crippen LogP) is 4.53. The van der Waals surface area contributed by atoms with Crippen LogP contribution >= 0.6 is 11.6 Å². The van der Waals surface area contributed by atoms with E-state index < -0.39 is 21.7 Å². The first-order chi connectivity index (χ1) is 21.0. The second kappa shape index (κ2) is 14.8. The standard InChI is InChI=1S/C29H32ClF3N8O2S/c30-26-18-23(29(31,32)33)19-27(39-26)40-13-15-41(16-14-40)44(43,37-20-35)25-7-5-24(6-8-25)38-28(42)22-4-1-3-21(17-22)9-12-36-11-2-10-34/h1,3-8,17-19,36H,2,9-16,34H2,(H,38,42). The van der Waals surface area contributed by atoms with Crippen molar-refractivity contribution in [3.63, 3.8) is 0 Å². The Bertz CT molecular complexity index is 1610. The van der Waals surface area contributed by atoms with Crippen LogP contribution in [0.25, 0.3) is 0 Å². The number of nitrogens with zero attached hydrogens (tertiary/aromatic N) is 5. The van der Waals surface area contributed by atoms with Gasteiger partial charge in [-0.25, -0.2) is 13.5 Å². The Morgan fingerprint density at radius 1 is 1.09 bits per heavy atom. The molecule has 10 nitrogen and oxygen atoms in total. The lowest BCUT2D eigenvalue weighted by Gasteiger charge is -2.36. The molecular formula is C29H32ClF3N8O2S. The summed E-state index contributed by atoms with van der Waals surface area (Å²) in [6, 6.07) is 15.2. The number of nitrogens with one attached hydrogen (secondary N) is 2. The number of amides is 1. The Labute approximate surface area is 259 Å².